The third-order valence-corrected chi connectivity index (χ3v) is 5.62. The highest BCUT2D eigenvalue weighted by atomic mass is 35.5. The molecule has 4 rings (SSSR count). The number of aromatic nitrogens is 1. The summed E-state index contributed by atoms with van der Waals surface area (Å²) in [5, 5.41) is 17.4. The number of benzene rings is 2. The van der Waals surface area contributed by atoms with Crippen molar-refractivity contribution in [1.29, 1.82) is 0 Å². The van der Waals surface area contributed by atoms with Crippen molar-refractivity contribution in [2.75, 3.05) is 7.05 Å². The van der Waals surface area contributed by atoms with Gasteiger partial charge in [-0.2, -0.15) is 0 Å². The van der Waals surface area contributed by atoms with E-state index in [4.69, 9.17) is 0 Å². The second-order valence-electron chi connectivity index (χ2n) is 6.13. The van der Waals surface area contributed by atoms with Gasteiger partial charge in [0.05, 0.1) is 0 Å². The normalized spacial score (nSPS) is 12.2. The van der Waals surface area contributed by atoms with E-state index in [0.29, 0.717) is 4.70 Å². The molecule has 0 aliphatic heterocycles. The summed E-state index contributed by atoms with van der Waals surface area (Å²) in [7, 11) is 1.93. The van der Waals surface area contributed by atoms with Gasteiger partial charge >= 0.3 is 0 Å². The van der Waals surface area contributed by atoms with E-state index < -0.39 is 0 Å². The van der Waals surface area contributed by atoms with Crippen molar-refractivity contribution < 1.29 is 5.11 Å². The molecule has 4 nitrogen and oxygen atoms in total. The fraction of sp³-hybridized carbons (Fsp3) is 0.150. The lowest BCUT2D eigenvalue weighted by molar-refractivity contribution is 0.478. The molecule has 1 atom stereocenters. The second kappa shape index (κ2) is 7.11. The molecule has 0 fully saturated rings. The largest absolute Gasteiger partial charge is 0.507 e. The van der Waals surface area contributed by atoms with Gasteiger partial charge in [0.2, 0.25) is 0 Å². The molecule has 0 saturated heterocycles. The molecule has 2 aromatic heterocycles. The van der Waals surface area contributed by atoms with Crippen LogP contribution < -0.4 is 10.9 Å². The van der Waals surface area contributed by atoms with Gasteiger partial charge in [-0.3, -0.25) is 4.79 Å². The Labute approximate surface area is 160 Å². The predicted molar refractivity (Wildman–Crippen MR) is 112 cm³/mol. The van der Waals surface area contributed by atoms with Gasteiger partial charge in [-0.05, 0) is 48.7 Å². The van der Waals surface area contributed by atoms with Gasteiger partial charge in [-0.25, -0.2) is 0 Å². The average molecular weight is 387 g/mol. The molecule has 0 unspecified atom stereocenters. The molecule has 6 heteroatoms. The van der Waals surface area contributed by atoms with E-state index in [1.165, 1.54) is 16.9 Å². The summed E-state index contributed by atoms with van der Waals surface area (Å²) < 4.78 is 0.680. The predicted octanol–water partition coefficient (Wildman–Crippen LogP) is 4.82. The Balaban J connectivity index is 0.00000196. The Bertz CT molecular complexity index is 1130. The Hall–Kier alpha value is -2.34. The lowest BCUT2D eigenvalue weighted by Crippen LogP contribution is -2.11. The first kappa shape index (κ1) is 18.5. The lowest BCUT2D eigenvalue weighted by Gasteiger charge is -2.13. The van der Waals surface area contributed by atoms with Crippen LogP contribution in [0.25, 0.3) is 32.1 Å². The van der Waals surface area contributed by atoms with Gasteiger partial charge in [0.1, 0.15) is 10.4 Å². The topological polar surface area (TPSA) is 65.1 Å². The van der Waals surface area contributed by atoms with Crippen molar-refractivity contribution in [1.82, 2.24) is 10.3 Å². The fourth-order valence-electron chi connectivity index (χ4n) is 3.23. The number of pyridine rings is 1. The van der Waals surface area contributed by atoms with Crippen LogP contribution in [0.15, 0.2) is 52.6 Å². The van der Waals surface area contributed by atoms with Gasteiger partial charge in [0.25, 0.3) is 5.56 Å². The highest BCUT2D eigenvalue weighted by Gasteiger charge is 2.15. The molecule has 0 amide bonds. The minimum Gasteiger partial charge on any atom is -0.507 e. The van der Waals surface area contributed by atoms with E-state index in [1.807, 2.05) is 30.6 Å². The third kappa shape index (κ3) is 2.88. The standard InChI is InChI=1S/C20H18N2O2S.ClH/c1-11(21-2)12-3-5-13(6-4-12)17-16(23)8-7-15-18(17)14-9-10-25-19(14)20(24)22-15;/h3-11,21,23H,1-2H3,(H,22,24);1H/t11-;/m0./s1. The number of hydrogen-bond acceptors (Lipinski definition) is 4. The van der Waals surface area contributed by atoms with Crippen molar-refractivity contribution in [2.24, 2.45) is 0 Å². The van der Waals surface area contributed by atoms with Crippen molar-refractivity contribution in [3.05, 3.63) is 63.8 Å². The van der Waals surface area contributed by atoms with Gasteiger partial charge in [-0.15, -0.1) is 23.7 Å². The van der Waals surface area contributed by atoms with E-state index in [2.05, 4.69) is 29.4 Å². The summed E-state index contributed by atoms with van der Waals surface area (Å²) in [5.74, 6) is 0.210. The number of H-pyrrole nitrogens is 1. The number of phenolic OH excluding ortho intramolecular Hbond substituents is 1. The van der Waals surface area contributed by atoms with E-state index in [-0.39, 0.29) is 29.8 Å². The van der Waals surface area contributed by atoms with Gasteiger partial charge in [0, 0.05) is 27.9 Å². The molecular weight excluding hydrogens is 368 g/mol. The lowest BCUT2D eigenvalue weighted by atomic mass is 9.96. The van der Waals surface area contributed by atoms with Crippen LogP contribution in [0.2, 0.25) is 0 Å². The number of rotatable bonds is 3. The second-order valence-corrected chi connectivity index (χ2v) is 7.05. The Kier molecular flexibility index (Phi) is 5.05. The monoisotopic (exact) mass is 386 g/mol. The molecule has 0 aliphatic carbocycles. The Morgan fingerprint density at radius 2 is 1.85 bits per heavy atom. The van der Waals surface area contributed by atoms with Crippen LogP contribution in [-0.4, -0.2) is 17.1 Å². The van der Waals surface area contributed by atoms with Crippen molar-refractivity contribution in [2.45, 2.75) is 13.0 Å². The molecule has 0 saturated carbocycles. The summed E-state index contributed by atoms with van der Waals surface area (Å²) >= 11 is 1.41. The minimum atomic E-state index is -0.0904. The molecule has 0 radical (unpaired) electrons. The fourth-order valence-corrected chi connectivity index (χ4v) is 4.03. The summed E-state index contributed by atoms with van der Waals surface area (Å²) in [6.07, 6.45) is 0. The Morgan fingerprint density at radius 1 is 1.12 bits per heavy atom. The Morgan fingerprint density at radius 3 is 2.54 bits per heavy atom. The van der Waals surface area contributed by atoms with Crippen LogP contribution in [0, 0.1) is 0 Å². The first-order valence-corrected chi connectivity index (χ1v) is 9.01. The summed E-state index contributed by atoms with van der Waals surface area (Å²) in [4.78, 5) is 15.2. The van der Waals surface area contributed by atoms with Gasteiger partial charge in [0.15, 0.2) is 0 Å². The van der Waals surface area contributed by atoms with Gasteiger partial charge in [-0.1, -0.05) is 24.3 Å². The smallest absolute Gasteiger partial charge is 0.266 e. The zero-order valence-electron chi connectivity index (χ0n) is 14.4. The highest BCUT2D eigenvalue weighted by Crippen LogP contribution is 2.39. The maximum atomic E-state index is 12.2. The molecule has 4 aromatic rings. The number of aromatic amines is 1. The van der Waals surface area contributed by atoms with E-state index in [1.54, 1.807) is 12.1 Å². The first-order valence-electron chi connectivity index (χ1n) is 8.13. The zero-order chi connectivity index (χ0) is 17.6. The molecule has 2 aromatic carbocycles. The number of halogens is 1. The minimum absolute atomic E-state index is 0. The number of fused-ring (bicyclic) bond motifs is 3. The number of aromatic hydroxyl groups is 1. The summed E-state index contributed by atoms with van der Waals surface area (Å²) in [6.45, 7) is 2.10. The molecule has 3 N–H and O–H groups in total. The van der Waals surface area contributed by atoms with Crippen LogP contribution in [0.1, 0.15) is 18.5 Å². The molecule has 0 bridgehead atoms. The average Bonchev–Trinajstić information content (AvgIpc) is 3.12. The molecular formula is C20H19ClN2O2S. The van der Waals surface area contributed by atoms with E-state index in [0.717, 1.165) is 27.4 Å². The van der Waals surface area contributed by atoms with Crippen molar-refractivity contribution in [3.63, 3.8) is 0 Å². The number of nitrogens with one attached hydrogen (secondary N) is 2. The highest BCUT2D eigenvalue weighted by molar-refractivity contribution is 7.17. The molecule has 2 heterocycles. The number of phenols is 1. The van der Waals surface area contributed by atoms with Crippen molar-refractivity contribution in [3.8, 4) is 16.9 Å². The maximum absolute atomic E-state index is 12.2. The third-order valence-electron chi connectivity index (χ3n) is 4.70. The molecule has 0 spiro atoms. The van der Waals surface area contributed by atoms with Crippen LogP contribution in [0.4, 0.5) is 0 Å². The van der Waals surface area contributed by atoms with Gasteiger partial charge < -0.3 is 15.4 Å². The maximum Gasteiger partial charge on any atom is 0.266 e. The van der Waals surface area contributed by atoms with E-state index >= 15 is 0 Å². The van der Waals surface area contributed by atoms with Crippen molar-refractivity contribution >= 4 is 44.7 Å². The quantitative estimate of drug-likeness (QED) is 0.473. The molecule has 0 aliphatic rings. The SMILES string of the molecule is CN[C@@H](C)c1ccc(-c2c(O)ccc3[nH]c(=O)c4sccc4c23)cc1.Cl. The number of hydrogen-bond donors (Lipinski definition) is 3. The first-order chi connectivity index (χ1) is 12.1. The zero-order valence-corrected chi connectivity index (χ0v) is 16.0. The number of thiophene rings is 1. The van der Waals surface area contributed by atoms with Crippen LogP contribution in [0.3, 0.4) is 0 Å². The van der Waals surface area contributed by atoms with E-state index in [9.17, 15) is 9.90 Å². The summed E-state index contributed by atoms with van der Waals surface area (Å²) in [6, 6.07) is 13.7. The molecule has 26 heavy (non-hydrogen) atoms. The summed E-state index contributed by atoms with van der Waals surface area (Å²) in [5.41, 5.74) is 3.50. The van der Waals surface area contributed by atoms with Crippen LogP contribution in [-0.2, 0) is 0 Å². The van der Waals surface area contributed by atoms with Crippen LogP contribution >= 0.6 is 23.7 Å². The molecule has 134 valence electrons. The van der Waals surface area contributed by atoms with Crippen LogP contribution in [0.5, 0.6) is 5.75 Å².